The molecule has 3 rings (SSSR count). The average Bonchev–Trinajstić information content (AvgIpc) is 2.62. The number of thioether (sulfide) groups is 1. The Morgan fingerprint density at radius 3 is 2.68 bits per heavy atom. The third kappa shape index (κ3) is 3.73. The number of hydrogen-bond acceptors (Lipinski definition) is 4. The Morgan fingerprint density at radius 1 is 1.32 bits per heavy atom. The van der Waals surface area contributed by atoms with Gasteiger partial charge in [0.15, 0.2) is 5.16 Å². The van der Waals surface area contributed by atoms with Gasteiger partial charge in [-0.05, 0) is 44.7 Å². The van der Waals surface area contributed by atoms with Crippen LogP contribution in [0.15, 0.2) is 34.2 Å². The summed E-state index contributed by atoms with van der Waals surface area (Å²) in [5.41, 5.74) is 0.646. The van der Waals surface area contributed by atoms with E-state index < -0.39 is 0 Å². The monoisotopic (exact) mass is 359 g/mol. The Hall–Kier alpha value is -1.82. The van der Waals surface area contributed by atoms with Gasteiger partial charge in [0.2, 0.25) is 5.91 Å². The van der Waals surface area contributed by atoms with E-state index in [1.165, 1.54) is 11.8 Å². The fraction of sp³-hybridized carbons (Fsp3) is 0.526. The molecule has 0 aliphatic carbocycles. The molecule has 0 N–H and O–H groups in total. The van der Waals surface area contributed by atoms with Crippen LogP contribution in [0.1, 0.15) is 33.6 Å². The summed E-state index contributed by atoms with van der Waals surface area (Å²) in [6.07, 6.45) is 2.13. The van der Waals surface area contributed by atoms with Crippen LogP contribution < -0.4 is 5.56 Å². The molecule has 5 nitrogen and oxygen atoms in total. The van der Waals surface area contributed by atoms with Crippen LogP contribution in [-0.4, -0.2) is 38.7 Å². The molecule has 1 unspecified atom stereocenters. The number of carbonyl (C=O) groups excluding carboxylic acids is 1. The number of rotatable bonds is 4. The van der Waals surface area contributed by atoms with Gasteiger partial charge in [0.1, 0.15) is 0 Å². The largest absolute Gasteiger partial charge is 0.342 e. The second-order valence-electron chi connectivity index (χ2n) is 6.73. The van der Waals surface area contributed by atoms with Crippen LogP contribution in [-0.2, 0) is 11.3 Å². The molecule has 0 saturated carbocycles. The van der Waals surface area contributed by atoms with Crippen molar-refractivity contribution >= 4 is 28.6 Å². The Kier molecular flexibility index (Phi) is 5.47. The minimum atomic E-state index is -0.251. The van der Waals surface area contributed by atoms with Gasteiger partial charge >= 0.3 is 0 Å². The molecule has 0 radical (unpaired) electrons. The van der Waals surface area contributed by atoms with Crippen LogP contribution in [0.4, 0.5) is 0 Å². The number of carbonyl (C=O) groups is 1. The summed E-state index contributed by atoms with van der Waals surface area (Å²) in [6.45, 7) is 8.28. The lowest BCUT2D eigenvalue weighted by molar-refractivity contribution is -0.131. The first-order chi connectivity index (χ1) is 12.0. The van der Waals surface area contributed by atoms with Crippen LogP contribution in [0.3, 0.4) is 0 Å². The van der Waals surface area contributed by atoms with Crippen molar-refractivity contribution < 1.29 is 4.79 Å². The number of para-hydroxylation sites is 1. The first-order valence-electron chi connectivity index (χ1n) is 8.96. The van der Waals surface area contributed by atoms with Gasteiger partial charge in [-0.25, -0.2) is 4.98 Å². The molecule has 1 aliphatic rings. The quantitative estimate of drug-likeness (QED) is 0.622. The third-order valence-corrected chi connectivity index (χ3v) is 5.95. The van der Waals surface area contributed by atoms with Crippen molar-refractivity contribution in [1.82, 2.24) is 14.5 Å². The molecule has 0 spiro atoms. The summed E-state index contributed by atoms with van der Waals surface area (Å²) >= 11 is 1.39. The lowest BCUT2D eigenvalue weighted by Crippen LogP contribution is -2.42. The predicted octanol–water partition coefficient (Wildman–Crippen LogP) is 3.16. The molecule has 1 aromatic carbocycles. The summed E-state index contributed by atoms with van der Waals surface area (Å²) in [5.74, 6) is 0.835. The van der Waals surface area contributed by atoms with E-state index in [4.69, 9.17) is 0 Å². The molecule has 134 valence electrons. The van der Waals surface area contributed by atoms with E-state index in [9.17, 15) is 9.59 Å². The minimum absolute atomic E-state index is 0.0398. The number of fused-ring (bicyclic) bond motifs is 1. The Balaban J connectivity index is 1.84. The zero-order valence-corrected chi connectivity index (χ0v) is 15.9. The number of likely N-dealkylation sites (tertiary alicyclic amines) is 1. The number of aromatic nitrogens is 2. The van der Waals surface area contributed by atoms with Crippen LogP contribution in [0.2, 0.25) is 0 Å². The van der Waals surface area contributed by atoms with Crippen LogP contribution in [0.25, 0.3) is 10.9 Å². The van der Waals surface area contributed by atoms with Gasteiger partial charge in [-0.3, -0.25) is 14.2 Å². The highest BCUT2D eigenvalue weighted by Gasteiger charge is 2.26. The van der Waals surface area contributed by atoms with Crippen LogP contribution in [0.5, 0.6) is 0 Å². The molecule has 2 aromatic rings. The van der Waals surface area contributed by atoms with E-state index >= 15 is 0 Å². The molecular formula is C19H25N3O2S. The zero-order valence-electron chi connectivity index (χ0n) is 15.1. The van der Waals surface area contributed by atoms with Gasteiger partial charge in [0, 0.05) is 19.6 Å². The summed E-state index contributed by atoms with van der Waals surface area (Å²) in [5, 5.41) is 0.995. The van der Waals surface area contributed by atoms with Crippen molar-refractivity contribution in [2.24, 2.45) is 5.92 Å². The lowest BCUT2D eigenvalue weighted by atomic mass is 9.99. The van der Waals surface area contributed by atoms with Crippen molar-refractivity contribution in [3.05, 3.63) is 34.6 Å². The Morgan fingerprint density at radius 2 is 2.00 bits per heavy atom. The van der Waals surface area contributed by atoms with Crippen molar-refractivity contribution in [2.75, 3.05) is 13.1 Å². The Bertz CT molecular complexity index is 825. The number of nitrogens with zero attached hydrogens (tertiary/aromatic N) is 3. The number of benzene rings is 1. The molecule has 25 heavy (non-hydrogen) atoms. The Labute approximate surface area is 152 Å². The van der Waals surface area contributed by atoms with Gasteiger partial charge in [-0.1, -0.05) is 30.8 Å². The first kappa shape index (κ1) is 18.0. The van der Waals surface area contributed by atoms with Crippen LogP contribution >= 0.6 is 11.8 Å². The molecule has 1 atom stereocenters. The van der Waals surface area contributed by atoms with Crippen LogP contribution in [0, 0.1) is 5.92 Å². The number of piperidine rings is 1. The fourth-order valence-corrected chi connectivity index (χ4v) is 4.27. The van der Waals surface area contributed by atoms with E-state index in [2.05, 4.69) is 11.9 Å². The molecule has 1 aliphatic heterocycles. The number of hydrogen-bond donors (Lipinski definition) is 0. The van der Waals surface area contributed by atoms with E-state index in [0.717, 1.165) is 25.9 Å². The van der Waals surface area contributed by atoms with Crippen molar-refractivity contribution in [3.63, 3.8) is 0 Å². The van der Waals surface area contributed by atoms with Gasteiger partial charge in [0.25, 0.3) is 5.56 Å². The topological polar surface area (TPSA) is 55.2 Å². The van der Waals surface area contributed by atoms with E-state index in [0.29, 0.717) is 28.5 Å². The molecule has 0 bridgehead atoms. The fourth-order valence-electron chi connectivity index (χ4n) is 3.21. The number of amides is 1. The van der Waals surface area contributed by atoms with Gasteiger partial charge < -0.3 is 4.90 Å². The van der Waals surface area contributed by atoms with Gasteiger partial charge in [0.05, 0.1) is 16.2 Å². The highest BCUT2D eigenvalue weighted by Crippen LogP contribution is 2.25. The smallest absolute Gasteiger partial charge is 0.262 e. The molecule has 1 saturated heterocycles. The molecule has 1 fully saturated rings. The first-order valence-corrected chi connectivity index (χ1v) is 9.84. The normalized spacial score (nSPS) is 17.0. The van der Waals surface area contributed by atoms with Gasteiger partial charge in [-0.15, -0.1) is 0 Å². The van der Waals surface area contributed by atoms with E-state index in [1.807, 2.05) is 36.9 Å². The summed E-state index contributed by atoms with van der Waals surface area (Å²) in [7, 11) is 0. The molecule has 2 heterocycles. The molecule has 1 amide bonds. The molecular weight excluding hydrogens is 334 g/mol. The van der Waals surface area contributed by atoms with E-state index in [1.54, 1.807) is 10.6 Å². The highest BCUT2D eigenvalue weighted by atomic mass is 32.2. The van der Waals surface area contributed by atoms with Crippen molar-refractivity contribution in [3.8, 4) is 0 Å². The highest BCUT2D eigenvalue weighted by molar-refractivity contribution is 8.00. The predicted molar refractivity (Wildman–Crippen MR) is 102 cm³/mol. The van der Waals surface area contributed by atoms with Crippen molar-refractivity contribution in [2.45, 2.75) is 50.6 Å². The maximum absolute atomic E-state index is 12.7. The average molecular weight is 359 g/mol. The van der Waals surface area contributed by atoms with E-state index in [-0.39, 0.29) is 16.7 Å². The minimum Gasteiger partial charge on any atom is -0.342 e. The second-order valence-corrected chi connectivity index (χ2v) is 8.04. The lowest BCUT2D eigenvalue weighted by Gasteiger charge is -2.32. The standard InChI is InChI=1S/C19H25N3O2S/c1-4-22-18(24)15-7-5-6-8-16(15)20-19(22)25-14(3)17(23)21-11-9-13(2)10-12-21/h5-8,13-14H,4,9-12H2,1-3H3. The zero-order chi connectivity index (χ0) is 18.0. The SMILES string of the molecule is CCn1c(SC(C)C(=O)N2CCC(C)CC2)nc2ccccc2c1=O. The summed E-state index contributed by atoms with van der Waals surface area (Å²) in [4.78, 5) is 32.0. The maximum atomic E-state index is 12.7. The van der Waals surface area contributed by atoms with Crippen molar-refractivity contribution in [1.29, 1.82) is 0 Å². The van der Waals surface area contributed by atoms with Gasteiger partial charge in [-0.2, -0.15) is 0 Å². The third-order valence-electron chi connectivity index (χ3n) is 4.87. The molecule has 1 aromatic heterocycles. The summed E-state index contributed by atoms with van der Waals surface area (Å²) < 4.78 is 1.66. The maximum Gasteiger partial charge on any atom is 0.262 e. The molecule has 6 heteroatoms. The second kappa shape index (κ2) is 7.60. The summed E-state index contributed by atoms with van der Waals surface area (Å²) in [6, 6.07) is 7.37.